The van der Waals surface area contributed by atoms with Crippen LogP contribution in [0.25, 0.3) is 10.8 Å². The molecule has 1 amide bonds. The summed E-state index contributed by atoms with van der Waals surface area (Å²) in [6.45, 7) is 1.94. The number of amides is 1. The monoisotopic (exact) mass is 533 g/mol. The third-order valence-corrected chi connectivity index (χ3v) is 9.97. The third kappa shape index (κ3) is 3.09. The van der Waals surface area contributed by atoms with Crippen molar-refractivity contribution in [3.8, 4) is 11.5 Å². The van der Waals surface area contributed by atoms with Gasteiger partial charge in [0, 0.05) is 29.7 Å². The van der Waals surface area contributed by atoms with Gasteiger partial charge in [-0.25, -0.2) is 0 Å². The second-order valence-electron chi connectivity index (χ2n) is 11.8. The molecule has 1 unspecified atom stereocenters. The maximum absolute atomic E-state index is 13.6. The first kappa shape index (κ1) is 24.2. The van der Waals surface area contributed by atoms with Crippen LogP contribution in [0.5, 0.6) is 11.5 Å². The number of aliphatic hydroxyl groups is 1. The average Bonchev–Trinajstić information content (AvgIpc) is 3.65. The predicted octanol–water partition coefficient (Wildman–Crippen LogP) is 3.72. The normalized spacial score (nSPS) is 32.7. The number of rotatable bonds is 4. The van der Waals surface area contributed by atoms with Gasteiger partial charge in [0.2, 0.25) is 0 Å². The van der Waals surface area contributed by atoms with Gasteiger partial charge >= 0.3 is 0 Å². The minimum absolute atomic E-state index is 0. The van der Waals surface area contributed by atoms with E-state index in [9.17, 15) is 15.0 Å². The summed E-state index contributed by atoms with van der Waals surface area (Å²) < 4.78 is 6.58. The van der Waals surface area contributed by atoms with Gasteiger partial charge < -0.3 is 20.3 Å². The Hall–Kier alpha value is -2.87. The predicted molar refractivity (Wildman–Crippen MR) is 145 cm³/mol. The zero-order chi connectivity index (χ0) is 24.9. The van der Waals surface area contributed by atoms with Crippen LogP contribution in [0.2, 0.25) is 0 Å². The van der Waals surface area contributed by atoms with Crippen LogP contribution in [0.15, 0.2) is 48.7 Å². The summed E-state index contributed by atoms with van der Waals surface area (Å²) in [5, 5.41) is 28.4. The molecule has 1 spiro atoms. The number of benzene rings is 2. The Bertz CT molecular complexity index is 1460. The lowest BCUT2D eigenvalue weighted by Crippen LogP contribution is -2.78. The fourth-order valence-electron chi connectivity index (χ4n) is 8.17. The fourth-order valence-corrected chi connectivity index (χ4v) is 8.17. The van der Waals surface area contributed by atoms with Gasteiger partial charge in [0.25, 0.3) is 5.91 Å². The van der Waals surface area contributed by atoms with Crippen molar-refractivity contribution in [1.82, 2.24) is 15.2 Å². The van der Waals surface area contributed by atoms with Crippen LogP contribution in [0.4, 0.5) is 0 Å². The molecule has 8 heteroatoms. The number of piperidine rings is 1. The number of aromatic hydroxyl groups is 1. The summed E-state index contributed by atoms with van der Waals surface area (Å²) >= 11 is 0. The molecule has 198 valence electrons. The fraction of sp³-hybridized carbons (Fsp3) is 0.467. The van der Waals surface area contributed by atoms with Gasteiger partial charge in [-0.3, -0.25) is 14.7 Å². The summed E-state index contributed by atoms with van der Waals surface area (Å²) in [5.41, 5.74) is 0.923. The number of hydrogen-bond acceptors (Lipinski definition) is 6. The standard InChI is InChI=1S/C30H31N3O4.ClH/c34-22-8-7-19-15-23-30(36)11-9-21(32-28(35)25-20-4-2-1-3-18(20)10-13-31-25)27-29(30,24(19)26(22)37-27)12-14-33(23)16-17-5-6-17;/h1-4,7-8,10,13,17,21,23,27,34,36H,5-6,9,11-12,14-16H2,(H,32,35);1H/t21-,23?,27+,29+,30-;/m1./s1. The molecule has 5 aliphatic rings. The number of likely N-dealkylation sites (tertiary alicyclic amines) is 1. The van der Waals surface area contributed by atoms with Gasteiger partial charge in [-0.15, -0.1) is 12.4 Å². The summed E-state index contributed by atoms with van der Waals surface area (Å²) in [6.07, 6.45) is 6.49. The van der Waals surface area contributed by atoms with E-state index in [0.29, 0.717) is 24.3 Å². The van der Waals surface area contributed by atoms with Gasteiger partial charge in [-0.2, -0.15) is 0 Å². The topological polar surface area (TPSA) is 94.9 Å². The van der Waals surface area contributed by atoms with Gasteiger partial charge in [0.1, 0.15) is 11.8 Å². The molecule has 2 saturated carbocycles. The maximum Gasteiger partial charge on any atom is 0.270 e. The van der Waals surface area contributed by atoms with Gasteiger partial charge in [-0.1, -0.05) is 30.3 Å². The molecule has 7 nitrogen and oxygen atoms in total. The van der Waals surface area contributed by atoms with Crippen molar-refractivity contribution >= 4 is 29.1 Å². The van der Waals surface area contributed by atoms with Crippen molar-refractivity contribution in [3.63, 3.8) is 0 Å². The average molecular weight is 534 g/mol. The van der Waals surface area contributed by atoms with E-state index in [1.165, 1.54) is 12.8 Å². The Morgan fingerprint density at radius 2 is 1.97 bits per heavy atom. The SMILES string of the molecule is Cl.O=C(N[C@@H]1CC[C@@]2(O)C3Cc4ccc(O)c5c4[C@@]2(CCN3CC2CC2)[C@H]1O5)c1nccc2ccccc12. The quantitative estimate of drug-likeness (QED) is 0.473. The van der Waals surface area contributed by atoms with Crippen LogP contribution in [0.1, 0.15) is 53.7 Å². The molecule has 2 aromatic carbocycles. The first-order valence-electron chi connectivity index (χ1n) is 13.6. The lowest BCUT2D eigenvalue weighted by atomic mass is 9.48. The zero-order valence-corrected chi connectivity index (χ0v) is 21.9. The van der Waals surface area contributed by atoms with E-state index in [0.717, 1.165) is 53.7 Å². The molecule has 3 heterocycles. The van der Waals surface area contributed by atoms with Crippen LogP contribution < -0.4 is 10.1 Å². The highest BCUT2D eigenvalue weighted by molar-refractivity contribution is 6.05. The molecular weight excluding hydrogens is 502 g/mol. The number of halogens is 1. The molecule has 0 radical (unpaired) electrons. The lowest BCUT2D eigenvalue weighted by Gasteiger charge is -2.64. The largest absolute Gasteiger partial charge is 0.504 e. The molecule has 5 atom stereocenters. The molecule has 3 N–H and O–H groups in total. The van der Waals surface area contributed by atoms with Crippen molar-refractivity contribution < 1.29 is 19.7 Å². The van der Waals surface area contributed by atoms with Crippen molar-refractivity contribution in [1.29, 1.82) is 0 Å². The number of pyridine rings is 1. The smallest absolute Gasteiger partial charge is 0.270 e. The number of fused-ring (bicyclic) bond motifs is 1. The Kier molecular flexibility index (Phi) is 5.29. The maximum atomic E-state index is 13.6. The summed E-state index contributed by atoms with van der Waals surface area (Å²) in [4.78, 5) is 20.5. The van der Waals surface area contributed by atoms with Crippen molar-refractivity contribution in [2.24, 2.45) is 5.92 Å². The van der Waals surface area contributed by atoms with E-state index in [4.69, 9.17) is 4.74 Å². The Labute approximate surface area is 227 Å². The molecule has 38 heavy (non-hydrogen) atoms. The third-order valence-electron chi connectivity index (χ3n) is 9.97. The highest BCUT2D eigenvalue weighted by Crippen LogP contribution is 2.65. The Morgan fingerprint density at radius 1 is 1.13 bits per heavy atom. The number of phenols is 1. The number of carbonyl (C=O) groups is 1. The van der Waals surface area contributed by atoms with Crippen LogP contribution in [0.3, 0.4) is 0 Å². The summed E-state index contributed by atoms with van der Waals surface area (Å²) in [5.74, 6) is 1.13. The molecule has 2 aliphatic heterocycles. The first-order chi connectivity index (χ1) is 18.0. The number of ether oxygens (including phenoxy) is 1. The van der Waals surface area contributed by atoms with Gasteiger partial charge in [0.15, 0.2) is 11.5 Å². The van der Waals surface area contributed by atoms with Crippen LogP contribution in [-0.4, -0.2) is 62.9 Å². The Balaban J connectivity index is 0.00000242. The van der Waals surface area contributed by atoms with Crippen molar-refractivity contribution in [2.75, 3.05) is 13.1 Å². The van der Waals surface area contributed by atoms with E-state index < -0.39 is 17.1 Å². The van der Waals surface area contributed by atoms with Gasteiger partial charge in [0.05, 0.1) is 17.1 Å². The molecular formula is C30H32ClN3O4. The minimum Gasteiger partial charge on any atom is -0.504 e. The lowest BCUT2D eigenvalue weighted by molar-refractivity contribution is -0.191. The van der Waals surface area contributed by atoms with E-state index in [2.05, 4.69) is 15.2 Å². The molecule has 1 saturated heterocycles. The second kappa shape index (κ2) is 8.31. The number of phenolic OH excluding ortho intramolecular Hbond substituents is 1. The zero-order valence-electron chi connectivity index (χ0n) is 21.1. The molecule has 1 aromatic heterocycles. The number of nitrogens with zero attached hydrogens (tertiary/aromatic N) is 2. The van der Waals surface area contributed by atoms with Gasteiger partial charge in [-0.05, 0) is 74.1 Å². The summed E-state index contributed by atoms with van der Waals surface area (Å²) in [7, 11) is 0. The van der Waals surface area contributed by atoms with E-state index in [-0.39, 0.29) is 36.1 Å². The molecule has 3 aliphatic carbocycles. The van der Waals surface area contributed by atoms with Crippen LogP contribution in [-0.2, 0) is 11.8 Å². The van der Waals surface area contributed by atoms with E-state index >= 15 is 0 Å². The summed E-state index contributed by atoms with van der Waals surface area (Å²) in [6, 6.07) is 13.1. The van der Waals surface area contributed by atoms with E-state index in [1.807, 2.05) is 36.4 Å². The van der Waals surface area contributed by atoms with Crippen molar-refractivity contribution in [3.05, 3.63) is 65.5 Å². The number of carbonyl (C=O) groups excluding carboxylic acids is 1. The molecule has 3 aromatic rings. The second-order valence-corrected chi connectivity index (χ2v) is 11.8. The van der Waals surface area contributed by atoms with Crippen LogP contribution in [0, 0.1) is 5.92 Å². The molecule has 2 bridgehead atoms. The number of aromatic nitrogens is 1. The minimum atomic E-state index is -0.963. The highest BCUT2D eigenvalue weighted by Gasteiger charge is 2.73. The number of nitrogens with one attached hydrogen (secondary N) is 1. The van der Waals surface area contributed by atoms with Crippen LogP contribution >= 0.6 is 12.4 Å². The van der Waals surface area contributed by atoms with Crippen molar-refractivity contribution in [2.45, 2.75) is 67.7 Å². The highest BCUT2D eigenvalue weighted by atomic mass is 35.5. The number of hydrogen-bond donors (Lipinski definition) is 3. The molecule has 8 rings (SSSR count). The Morgan fingerprint density at radius 3 is 2.82 bits per heavy atom. The first-order valence-corrected chi connectivity index (χ1v) is 13.6. The molecule has 3 fully saturated rings. The van der Waals surface area contributed by atoms with E-state index in [1.54, 1.807) is 12.3 Å².